The normalized spacial score (nSPS) is 15.8. The third-order valence-corrected chi connectivity index (χ3v) is 4.32. The number of benzene rings is 1. The first kappa shape index (κ1) is 15.7. The quantitative estimate of drug-likeness (QED) is 0.890. The topological polar surface area (TPSA) is 58.4 Å². The number of aliphatic carboxylic acids is 1. The third kappa shape index (κ3) is 3.27. The molecule has 1 aliphatic carbocycles. The first-order valence-corrected chi connectivity index (χ1v) is 7.68. The molecule has 1 saturated carbocycles. The van der Waals surface area contributed by atoms with Gasteiger partial charge in [-0.2, -0.15) is 0 Å². The van der Waals surface area contributed by atoms with Gasteiger partial charge in [-0.3, -0.25) is 9.69 Å². The zero-order valence-corrected chi connectivity index (χ0v) is 13.2. The van der Waals surface area contributed by atoms with Gasteiger partial charge in [0.1, 0.15) is 17.7 Å². The van der Waals surface area contributed by atoms with Gasteiger partial charge in [0, 0.05) is 25.5 Å². The maximum absolute atomic E-state index is 13.5. The Balaban J connectivity index is 1.94. The van der Waals surface area contributed by atoms with Crippen LogP contribution in [-0.2, 0) is 18.4 Å². The Morgan fingerprint density at radius 2 is 2.26 bits per heavy atom. The van der Waals surface area contributed by atoms with Crippen LogP contribution >= 0.6 is 0 Å². The molecule has 1 N–H and O–H groups in total. The minimum atomic E-state index is -0.919. The van der Waals surface area contributed by atoms with Crippen LogP contribution in [0.25, 0.3) is 0 Å². The first-order chi connectivity index (χ1) is 11.0. The maximum atomic E-state index is 13.5. The number of carboxylic acid groups (broad SMARTS) is 1. The van der Waals surface area contributed by atoms with Crippen LogP contribution in [0.15, 0.2) is 30.6 Å². The second kappa shape index (κ2) is 6.12. The Morgan fingerprint density at radius 1 is 1.52 bits per heavy atom. The summed E-state index contributed by atoms with van der Waals surface area (Å²) in [6.45, 7) is 2.11. The van der Waals surface area contributed by atoms with Crippen molar-refractivity contribution in [2.45, 2.75) is 38.4 Å². The second-order valence-corrected chi connectivity index (χ2v) is 6.11. The lowest BCUT2D eigenvalue weighted by Crippen LogP contribution is -2.36. The van der Waals surface area contributed by atoms with Crippen molar-refractivity contribution in [2.75, 3.05) is 0 Å². The Morgan fingerprint density at radius 3 is 2.78 bits per heavy atom. The zero-order chi connectivity index (χ0) is 16.6. The van der Waals surface area contributed by atoms with E-state index in [4.69, 9.17) is 0 Å². The summed E-state index contributed by atoms with van der Waals surface area (Å²) in [5, 5.41) is 9.77. The molecule has 0 unspecified atom stereocenters. The van der Waals surface area contributed by atoms with E-state index in [9.17, 15) is 14.3 Å². The van der Waals surface area contributed by atoms with Gasteiger partial charge in [-0.05, 0) is 37.0 Å². The fourth-order valence-electron chi connectivity index (χ4n) is 2.86. The van der Waals surface area contributed by atoms with Crippen molar-refractivity contribution < 1.29 is 14.3 Å². The average molecular weight is 317 g/mol. The molecule has 0 aliphatic heterocycles. The van der Waals surface area contributed by atoms with Crippen LogP contribution < -0.4 is 0 Å². The van der Waals surface area contributed by atoms with E-state index in [1.54, 1.807) is 25.3 Å². The molecule has 23 heavy (non-hydrogen) atoms. The summed E-state index contributed by atoms with van der Waals surface area (Å²) in [6, 6.07) is 3.97. The lowest BCUT2D eigenvalue weighted by molar-refractivity contribution is -0.144. The number of halogens is 1. The standard InChI is InChI=1S/C17H20FN3O2/c1-11-9-12(3-6-14(11)18)16(17(22)23)21(13-4-5-13)10-15-19-7-8-20(15)2/h3,6-9,13,16H,4-5,10H2,1-2H3,(H,22,23)/t16-/m1/s1. The fraction of sp³-hybridized carbons (Fsp3) is 0.412. The van der Waals surface area contributed by atoms with Crippen LogP contribution in [0.1, 0.15) is 35.8 Å². The van der Waals surface area contributed by atoms with Crippen molar-refractivity contribution in [2.24, 2.45) is 7.05 Å². The molecule has 1 aromatic heterocycles. The third-order valence-electron chi connectivity index (χ3n) is 4.32. The van der Waals surface area contributed by atoms with Crippen molar-refractivity contribution in [3.8, 4) is 0 Å². The summed E-state index contributed by atoms with van der Waals surface area (Å²) >= 11 is 0. The molecule has 2 aromatic rings. The van der Waals surface area contributed by atoms with Gasteiger partial charge >= 0.3 is 5.97 Å². The Kier molecular flexibility index (Phi) is 4.17. The number of imidazole rings is 1. The van der Waals surface area contributed by atoms with E-state index in [2.05, 4.69) is 4.98 Å². The van der Waals surface area contributed by atoms with Crippen LogP contribution in [0.2, 0.25) is 0 Å². The van der Waals surface area contributed by atoms with Gasteiger partial charge in [0.05, 0.1) is 6.54 Å². The van der Waals surface area contributed by atoms with Gasteiger partial charge in [0.2, 0.25) is 0 Å². The molecule has 0 radical (unpaired) electrons. The predicted octanol–water partition coefficient (Wildman–Crippen LogP) is 2.66. The van der Waals surface area contributed by atoms with Crippen LogP contribution in [-0.4, -0.2) is 31.6 Å². The molecule has 1 heterocycles. The van der Waals surface area contributed by atoms with Gasteiger partial charge in [-0.1, -0.05) is 12.1 Å². The smallest absolute Gasteiger partial charge is 0.325 e. The Labute approximate surface area is 134 Å². The minimum absolute atomic E-state index is 0.234. The molecular weight excluding hydrogens is 297 g/mol. The van der Waals surface area contributed by atoms with Crippen molar-refractivity contribution in [1.82, 2.24) is 14.5 Å². The summed E-state index contributed by atoms with van der Waals surface area (Å²) in [7, 11) is 1.89. The van der Waals surface area contributed by atoms with Gasteiger partial charge < -0.3 is 9.67 Å². The predicted molar refractivity (Wildman–Crippen MR) is 83.3 cm³/mol. The van der Waals surface area contributed by atoms with Crippen LogP contribution in [0, 0.1) is 12.7 Å². The monoisotopic (exact) mass is 317 g/mol. The van der Waals surface area contributed by atoms with Crippen LogP contribution in [0.4, 0.5) is 4.39 Å². The molecule has 0 spiro atoms. The molecule has 5 nitrogen and oxygen atoms in total. The van der Waals surface area contributed by atoms with E-state index < -0.39 is 12.0 Å². The zero-order valence-electron chi connectivity index (χ0n) is 13.2. The van der Waals surface area contributed by atoms with Crippen molar-refractivity contribution in [3.05, 3.63) is 53.4 Å². The molecule has 6 heteroatoms. The van der Waals surface area contributed by atoms with Gasteiger partial charge in [-0.25, -0.2) is 9.37 Å². The second-order valence-electron chi connectivity index (χ2n) is 6.11. The number of aromatic nitrogens is 2. The van der Waals surface area contributed by atoms with E-state index in [0.717, 1.165) is 18.7 Å². The highest BCUT2D eigenvalue weighted by molar-refractivity contribution is 5.75. The van der Waals surface area contributed by atoms with Gasteiger partial charge in [-0.15, -0.1) is 0 Å². The molecule has 0 saturated heterocycles. The molecule has 0 bridgehead atoms. The van der Waals surface area contributed by atoms with Crippen molar-refractivity contribution in [1.29, 1.82) is 0 Å². The SMILES string of the molecule is Cc1cc([C@H](C(=O)O)N(Cc2nccn2C)C2CC2)ccc1F. The Bertz CT molecular complexity index is 724. The number of carbonyl (C=O) groups is 1. The highest BCUT2D eigenvalue weighted by Gasteiger charge is 2.39. The minimum Gasteiger partial charge on any atom is -0.480 e. The highest BCUT2D eigenvalue weighted by Crippen LogP contribution is 2.36. The summed E-state index contributed by atoms with van der Waals surface area (Å²) in [5.74, 6) is -0.418. The number of nitrogens with zero attached hydrogens (tertiary/aromatic N) is 3. The molecule has 1 atom stereocenters. The highest BCUT2D eigenvalue weighted by atomic mass is 19.1. The largest absolute Gasteiger partial charge is 0.480 e. The molecule has 3 rings (SSSR count). The molecule has 1 aromatic carbocycles. The number of aryl methyl sites for hydroxylation is 2. The lowest BCUT2D eigenvalue weighted by Gasteiger charge is -2.29. The summed E-state index contributed by atoms with van der Waals surface area (Å²) < 4.78 is 15.4. The van der Waals surface area contributed by atoms with Gasteiger partial charge in [0.25, 0.3) is 0 Å². The fourth-order valence-corrected chi connectivity index (χ4v) is 2.86. The van der Waals surface area contributed by atoms with Crippen molar-refractivity contribution in [3.63, 3.8) is 0 Å². The summed E-state index contributed by atoms with van der Waals surface area (Å²) in [5.41, 5.74) is 1.07. The number of hydrogen-bond donors (Lipinski definition) is 1. The van der Waals surface area contributed by atoms with E-state index >= 15 is 0 Å². The molecule has 1 aliphatic rings. The van der Waals surface area contributed by atoms with E-state index in [1.165, 1.54) is 6.07 Å². The van der Waals surface area contributed by atoms with Gasteiger partial charge in [0.15, 0.2) is 0 Å². The number of hydrogen-bond acceptors (Lipinski definition) is 3. The summed E-state index contributed by atoms with van der Waals surface area (Å²) in [4.78, 5) is 18.2. The van der Waals surface area contributed by atoms with Crippen LogP contribution in [0.5, 0.6) is 0 Å². The van der Waals surface area contributed by atoms with Crippen molar-refractivity contribution >= 4 is 5.97 Å². The molecule has 1 fully saturated rings. The average Bonchev–Trinajstić information content (AvgIpc) is 3.26. The molecular formula is C17H20FN3O2. The molecule has 122 valence electrons. The number of carboxylic acids is 1. The lowest BCUT2D eigenvalue weighted by atomic mass is 10.0. The first-order valence-electron chi connectivity index (χ1n) is 7.68. The summed E-state index contributed by atoms with van der Waals surface area (Å²) in [6.07, 6.45) is 5.51. The van der Waals surface area contributed by atoms with Crippen LogP contribution in [0.3, 0.4) is 0 Å². The van der Waals surface area contributed by atoms with E-state index in [-0.39, 0.29) is 11.9 Å². The maximum Gasteiger partial charge on any atom is 0.325 e. The van der Waals surface area contributed by atoms with E-state index in [0.29, 0.717) is 17.7 Å². The van der Waals surface area contributed by atoms with E-state index in [1.807, 2.05) is 22.7 Å². The number of rotatable bonds is 6. The Hall–Kier alpha value is -2.21. The molecule has 0 amide bonds.